The van der Waals surface area contributed by atoms with E-state index >= 15 is 0 Å². The van der Waals surface area contributed by atoms with Crippen molar-refractivity contribution in [2.45, 2.75) is 13.8 Å². The van der Waals surface area contributed by atoms with Crippen LogP contribution in [0.3, 0.4) is 0 Å². The molecule has 0 spiro atoms. The molecule has 0 bridgehead atoms. The molecule has 3 aromatic heterocycles. The topological polar surface area (TPSA) is 12.9 Å². The third kappa shape index (κ3) is 2.11. The second-order valence-electron chi connectivity index (χ2n) is 4.33. The first-order valence-corrected chi connectivity index (χ1v) is 7.51. The molecular weight excluding hydrogens is 258 g/mol. The van der Waals surface area contributed by atoms with E-state index in [2.05, 4.69) is 42.4 Å². The first-order chi connectivity index (χ1) is 8.74. The molecule has 3 aromatic rings. The van der Waals surface area contributed by atoms with Crippen LogP contribution >= 0.6 is 22.7 Å². The molecule has 0 radical (unpaired) electrons. The molecule has 18 heavy (non-hydrogen) atoms. The van der Waals surface area contributed by atoms with E-state index in [0.717, 1.165) is 5.69 Å². The second kappa shape index (κ2) is 4.67. The molecule has 0 unspecified atom stereocenters. The summed E-state index contributed by atoms with van der Waals surface area (Å²) in [4.78, 5) is 8.39. The smallest absolute Gasteiger partial charge is 0.0801 e. The first-order valence-electron chi connectivity index (χ1n) is 5.81. The second-order valence-corrected chi connectivity index (χ2v) is 6.29. The van der Waals surface area contributed by atoms with Crippen molar-refractivity contribution in [3.05, 3.63) is 53.0 Å². The maximum Gasteiger partial charge on any atom is 0.0801 e. The molecule has 0 aromatic carbocycles. The molecule has 90 valence electrons. The van der Waals surface area contributed by atoms with E-state index in [1.165, 1.54) is 25.8 Å². The Hall–Kier alpha value is -1.45. The summed E-state index contributed by atoms with van der Waals surface area (Å²) in [5.74, 6) is 0. The predicted octanol–water partition coefficient (Wildman–Crippen LogP) is 5.16. The highest BCUT2D eigenvalue weighted by Crippen LogP contribution is 2.39. The zero-order valence-electron chi connectivity index (χ0n) is 10.3. The number of aryl methyl sites for hydroxylation is 2. The number of nitrogens with zero attached hydrogens (tertiary/aromatic N) is 1. The summed E-state index contributed by atoms with van der Waals surface area (Å²) >= 11 is 3.64. The zero-order valence-corrected chi connectivity index (χ0v) is 11.9. The average Bonchev–Trinajstić information content (AvgIpc) is 2.97. The van der Waals surface area contributed by atoms with Gasteiger partial charge in [0.05, 0.1) is 10.6 Å². The maximum atomic E-state index is 4.42. The highest BCUT2D eigenvalue weighted by molar-refractivity contribution is 7.23. The fourth-order valence-electron chi connectivity index (χ4n) is 1.91. The van der Waals surface area contributed by atoms with Crippen molar-refractivity contribution >= 4 is 22.7 Å². The van der Waals surface area contributed by atoms with Crippen LogP contribution in [0.2, 0.25) is 0 Å². The van der Waals surface area contributed by atoms with E-state index < -0.39 is 0 Å². The third-order valence-corrected chi connectivity index (χ3v) is 5.28. The van der Waals surface area contributed by atoms with E-state index in [1.54, 1.807) is 0 Å². The number of rotatable bonds is 2. The quantitative estimate of drug-likeness (QED) is 0.627. The van der Waals surface area contributed by atoms with Gasteiger partial charge in [0.2, 0.25) is 0 Å². The van der Waals surface area contributed by atoms with Gasteiger partial charge in [0.15, 0.2) is 0 Å². The van der Waals surface area contributed by atoms with Gasteiger partial charge in [0, 0.05) is 16.0 Å². The van der Waals surface area contributed by atoms with Gasteiger partial charge in [-0.1, -0.05) is 6.07 Å². The maximum absolute atomic E-state index is 4.42. The summed E-state index contributed by atoms with van der Waals surface area (Å²) in [5.41, 5.74) is 3.73. The summed E-state index contributed by atoms with van der Waals surface area (Å²) in [5, 5.41) is 2.20. The SMILES string of the molecule is Cc1csc(-c2sc(-c3ccccn3)cc2C)c1. The first kappa shape index (κ1) is 11.6. The van der Waals surface area contributed by atoms with Gasteiger partial charge >= 0.3 is 0 Å². The Balaban J connectivity index is 2.06. The van der Waals surface area contributed by atoms with Crippen LogP contribution in [0.1, 0.15) is 11.1 Å². The molecular formula is C15H13NS2. The Kier molecular flexibility index (Phi) is 3.02. The van der Waals surface area contributed by atoms with Crippen LogP contribution in [0.15, 0.2) is 41.9 Å². The summed E-state index contributed by atoms with van der Waals surface area (Å²) in [6.45, 7) is 4.32. The highest BCUT2D eigenvalue weighted by Gasteiger charge is 2.11. The van der Waals surface area contributed by atoms with Crippen molar-refractivity contribution in [1.82, 2.24) is 4.98 Å². The van der Waals surface area contributed by atoms with Gasteiger partial charge in [-0.3, -0.25) is 4.98 Å². The molecule has 3 heteroatoms. The molecule has 0 aliphatic heterocycles. The van der Waals surface area contributed by atoms with Crippen molar-refractivity contribution in [3.8, 4) is 20.3 Å². The molecule has 0 atom stereocenters. The Morgan fingerprint density at radius 2 is 1.94 bits per heavy atom. The normalized spacial score (nSPS) is 10.8. The van der Waals surface area contributed by atoms with Gasteiger partial charge in [0.1, 0.15) is 0 Å². The van der Waals surface area contributed by atoms with Crippen LogP contribution in [0.25, 0.3) is 20.3 Å². The van der Waals surface area contributed by atoms with E-state index in [0.29, 0.717) is 0 Å². The molecule has 0 fully saturated rings. The number of thiophene rings is 2. The largest absolute Gasteiger partial charge is 0.255 e. The molecule has 0 saturated heterocycles. The summed E-state index contributed by atoms with van der Waals surface area (Å²) in [7, 11) is 0. The van der Waals surface area contributed by atoms with Gasteiger partial charge in [-0.25, -0.2) is 0 Å². The van der Waals surface area contributed by atoms with Crippen LogP contribution in [0.5, 0.6) is 0 Å². The summed E-state index contributed by atoms with van der Waals surface area (Å²) in [6, 6.07) is 10.5. The van der Waals surface area contributed by atoms with Crippen LogP contribution < -0.4 is 0 Å². The van der Waals surface area contributed by atoms with Gasteiger partial charge in [-0.15, -0.1) is 22.7 Å². The Morgan fingerprint density at radius 1 is 1.06 bits per heavy atom. The fraction of sp³-hybridized carbons (Fsp3) is 0.133. The number of aromatic nitrogens is 1. The van der Waals surface area contributed by atoms with E-state index in [-0.39, 0.29) is 0 Å². The molecule has 0 saturated carbocycles. The van der Waals surface area contributed by atoms with E-state index in [1.807, 2.05) is 41.0 Å². The minimum absolute atomic E-state index is 1.06. The molecule has 0 aliphatic carbocycles. The van der Waals surface area contributed by atoms with Crippen LogP contribution in [-0.4, -0.2) is 4.98 Å². The molecule has 3 rings (SSSR count). The highest BCUT2D eigenvalue weighted by atomic mass is 32.1. The Labute approximate surface area is 115 Å². The number of pyridine rings is 1. The van der Waals surface area contributed by atoms with Gasteiger partial charge < -0.3 is 0 Å². The molecule has 0 amide bonds. The predicted molar refractivity (Wildman–Crippen MR) is 80.3 cm³/mol. The van der Waals surface area contributed by atoms with E-state index in [9.17, 15) is 0 Å². The Morgan fingerprint density at radius 3 is 2.61 bits per heavy atom. The number of hydrogen-bond acceptors (Lipinski definition) is 3. The minimum atomic E-state index is 1.06. The number of hydrogen-bond donors (Lipinski definition) is 0. The lowest BCUT2D eigenvalue weighted by atomic mass is 10.2. The summed E-state index contributed by atoms with van der Waals surface area (Å²) in [6.07, 6.45) is 1.85. The lowest BCUT2D eigenvalue weighted by Gasteiger charge is -1.94. The summed E-state index contributed by atoms with van der Waals surface area (Å²) < 4.78 is 0. The Bertz CT molecular complexity index is 665. The molecule has 0 aliphatic rings. The van der Waals surface area contributed by atoms with Crippen LogP contribution in [0.4, 0.5) is 0 Å². The standard InChI is InChI=1S/C15H13NS2/c1-10-7-14(17-9-10)15-11(2)8-13(18-15)12-5-3-4-6-16-12/h3-9H,1-2H3. The lowest BCUT2D eigenvalue weighted by molar-refractivity contribution is 1.34. The van der Waals surface area contributed by atoms with Gasteiger partial charge in [0.25, 0.3) is 0 Å². The van der Waals surface area contributed by atoms with Crippen molar-refractivity contribution in [2.24, 2.45) is 0 Å². The molecule has 0 N–H and O–H groups in total. The molecule has 3 heterocycles. The fourth-order valence-corrected chi connectivity index (χ4v) is 4.14. The van der Waals surface area contributed by atoms with Crippen molar-refractivity contribution in [3.63, 3.8) is 0 Å². The minimum Gasteiger partial charge on any atom is -0.255 e. The van der Waals surface area contributed by atoms with Gasteiger partial charge in [-0.05, 0) is 54.6 Å². The van der Waals surface area contributed by atoms with Crippen LogP contribution in [-0.2, 0) is 0 Å². The van der Waals surface area contributed by atoms with Crippen molar-refractivity contribution in [1.29, 1.82) is 0 Å². The van der Waals surface area contributed by atoms with Crippen molar-refractivity contribution in [2.75, 3.05) is 0 Å². The van der Waals surface area contributed by atoms with Crippen molar-refractivity contribution < 1.29 is 0 Å². The van der Waals surface area contributed by atoms with Crippen LogP contribution in [0, 0.1) is 13.8 Å². The van der Waals surface area contributed by atoms with E-state index in [4.69, 9.17) is 0 Å². The van der Waals surface area contributed by atoms with Gasteiger partial charge in [-0.2, -0.15) is 0 Å². The monoisotopic (exact) mass is 271 g/mol. The molecule has 1 nitrogen and oxygen atoms in total. The lowest BCUT2D eigenvalue weighted by Crippen LogP contribution is -1.75. The average molecular weight is 271 g/mol. The zero-order chi connectivity index (χ0) is 12.5. The third-order valence-electron chi connectivity index (χ3n) is 2.79.